The number of nitrogens with one attached hydrogen (secondary N) is 1. The van der Waals surface area contributed by atoms with Gasteiger partial charge in [0.25, 0.3) is 5.91 Å². The highest BCUT2D eigenvalue weighted by Crippen LogP contribution is 2.45. The summed E-state index contributed by atoms with van der Waals surface area (Å²) in [5.41, 5.74) is 2.10. The fourth-order valence-corrected chi connectivity index (χ4v) is 5.05. The number of hydrogen-bond donors (Lipinski definition) is 1. The minimum atomic E-state index is -1.42. The number of anilines is 2. The molecule has 0 bridgehead atoms. The minimum Gasteiger partial charge on any atom is -0.444 e. The van der Waals surface area contributed by atoms with Crippen LogP contribution in [0.4, 0.5) is 16.2 Å². The predicted octanol–water partition coefficient (Wildman–Crippen LogP) is 4.84. The van der Waals surface area contributed by atoms with Gasteiger partial charge in [-0.25, -0.2) is 4.79 Å². The van der Waals surface area contributed by atoms with E-state index in [1.54, 1.807) is 4.90 Å². The van der Waals surface area contributed by atoms with Gasteiger partial charge in [0.15, 0.2) is 5.54 Å². The maximum atomic E-state index is 14.4. The monoisotopic (exact) mass is 499 g/mol. The normalized spacial score (nSPS) is 19.5. The van der Waals surface area contributed by atoms with E-state index in [4.69, 9.17) is 9.47 Å². The van der Waals surface area contributed by atoms with Gasteiger partial charge in [0.2, 0.25) is 0 Å². The van der Waals surface area contributed by atoms with Gasteiger partial charge in [0.1, 0.15) is 5.60 Å². The fraction of sp³-hybridized carbons (Fsp3) is 0.333. The summed E-state index contributed by atoms with van der Waals surface area (Å²) in [7, 11) is 0. The molecule has 0 radical (unpaired) electrons. The van der Waals surface area contributed by atoms with Crippen molar-refractivity contribution in [2.45, 2.75) is 38.5 Å². The van der Waals surface area contributed by atoms with Crippen molar-refractivity contribution in [2.75, 3.05) is 36.1 Å². The summed E-state index contributed by atoms with van der Waals surface area (Å²) >= 11 is 0. The first kappa shape index (κ1) is 24.8. The Bertz CT molecular complexity index is 1260. The van der Waals surface area contributed by atoms with Crippen molar-refractivity contribution in [3.63, 3.8) is 0 Å². The molecule has 7 heteroatoms. The third kappa shape index (κ3) is 4.91. The molecule has 3 aromatic rings. The molecule has 37 heavy (non-hydrogen) atoms. The first-order chi connectivity index (χ1) is 17.8. The van der Waals surface area contributed by atoms with E-state index in [0.717, 1.165) is 35.6 Å². The number of amides is 2. The van der Waals surface area contributed by atoms with Gasteiger partial charge in [-0.1, -0.05) is 60.7 Å². The summed E-state index contributed by atoms with van der Waals surface area (Å²) in [6.45, 7) is 8.81. The zero-order chi connectivity index (χ0) is 26.0. The van der Waals surface area contributed by atoms with Crippen LogP contribution in [-0.2, 0) is 26.4 Å². The van der Waals surface area contributed by atoms with Crippen LogP contribution in [0.1, 0.15) is 37.5 Å². The summed E-state index contributed by atoms with van der Waals surface area (Å²) < 4.78 is 11.1. The Labute approximate surface area is 218 Å². The van der Waals surface area contributed by atoms with Crippen molar-refractivity contribution in [3.8, 4) is 0 Å². The Morgan fingerprint density at radius 2 is 1.59 bits per heavy atom. The largest absolute Gasteiger partial charge is 0.444 e. The first-order valence-electron chi connectivity index (χ1n) is 12.7. The van der Waals surface area contributed by atoms with Gasteiger partial charge < -0.3 is 19.3 Å². The summed E-state index contributed by atoms with van der Waals surface area (Å²) in [5.74, 6) is -0.220. The molecule has 192 valence electrons. The topological polar surface area (TPSA) is 71.1 Å². The quantitative estimate of drug-likeness (QED) is 0.544. The van der Waals surface area contributed by atoms with Gasteiger partial charge in [-0.05, 0) is 50.1 Å². The Hall–Kier alpha value is -3.84. The van der Waals surface area contributed by atoms with Crippen LogP contribution in [0.2, 0.25) is 0 Å². The van der Waals surface area contributed by atoms with Crippen molar-refractivity contribution in [1.82, 2.24) is 5.32 Å². The van der Waals surface area contributed by atoms with E-state index < -0.39 is 17.2 Å². The van der Waals surface area contributed by atoms with E-state index in [-0.39, 0.29) is 5.91 Å². The van der Waals surface area contributed by atoms with E-state index in [0.29, 0.717) is 25.3 Å². The summed E-state index contributed by atoms with van der Waals surface area (Å²) in [5, 5.41) is 3.00. The zero-order valence-electron chi connectivity index (χ0n) is 21.6. The van der Waals surface area contributed by atoms with Crippen LogP contribution >= 0.6 is 0 Å². The highest BCUT2D eigenvalue weighted by atomic mass is 16.6. The van der Waals surface area contributed by atoms with Gasteiger partial charge >= 0.3 is 6.09 Å². The van der Waals surface area contributed by atoms with E-state index in [1.807, 2.05) is 99.6 Å². The molecule has 5 rings (SSSR count). The number of carbonyl (C=O) groups is 2. The third-order valence-electron chi connectivity index (χ3n) is 6.71. The van der Waals surface area contributed by atoms with Crippen LogP contribution in [0.3, 0.4) is 0 Å². The molecule has 1 saturated heterocycles. The molecule has 1 unspecified atom stereocenters. The van der Waals surface area contributed by atoms with E-state index in [2.05, 4.69) is 10.2 Å². The van der Waals surface area contributed by atoms with Crippen LogP contribution in [0, 0.1) is 0 Å². The molecule has 2 aliphatic rings. The molecule has 2 amide bonds. The molecule has 7 nitrogen and oxygen atoms in total. The molecule has 0 spiro atoms. The maximum Gasteiger partial charge on any atom is 0.409 e. The maximum absolute atomic E-state index is 14.4. The van der Waals surface area contributed by atoms with E-state index in [9.17, 15) is 9.59 Å². The van der Waals surface area contributed by atoms with Crippen LogP contribution in [0.15, 0.2) is 78.9 Å². The van der Waals surface area contributed by atoms with E-state index >= 15 is 0 Å². The minimum absolute atomic E-state index is 0.220. The molecule has 0 aliphatic carbocycles. The second-order valence-electron chi connectivity index (χ2n) is 10.4. The Balaban J connectivity index is 1.59. The van der Waals surface area contributed by atoms with Crippen molar-refractivity contribution < 1.29 is 19.1 Å². The molecule has 1 fully saturated rings. The number of morpholine rings is 1. The number of alkyl carbamates (subject to hydrolysis) is 1. The van der Waals surface area contributed by atoms with Crippen LogP contribution in [0.5, 0.6) is 0 Å². The van der Waals surface area contributed by atoms with Gasteiger partial charge in [0.05, 0.1) is 25.4 Å². The number of hydrogen-bond acceptors (Lipinski definition) is 5. The number of fused-ring (bicyclic) bond motifs is 1. The lowest BCUT2D eigenvalue weighted by Gasteiger charge is -2.33. The molecule has 1 atom stereocenters. The number of rotatable bonds is 5. The lowest BCUT2D eigenvalue weighted by atomic mass is 9.83. The van der Waals surface area contributed by atoms with Crippen LogP contribution < -0.4 is 15.1 Å². The molecule has 3 aromatic carbocycles. The number of carbonyl (C=O) groups excluding carboxylic acids is 2. The van der Waals surface area contributed by atoms with Crippen molar-refractivity contribution in [3.05, 3.63) is 95.6 Å². The SMILES string of the molecule is CC(C)(C)OC(=O)NC1(c2ccc(N3CCOCC3)cc2)C(=O)N(Cc2ccccc2)c2ccccc21. The van der Waals surface area contributed by atoms with Gasteiger partial charge in [-0.3, -0.25) is 10.1 Å². The standard InChI is InChI=1S/C30H33N3O4/c1-29(2,3)37-28(35)31-30(23-13-15-24(16-14-23)32-17-19-36-20-18-32)25-11-7-8-12-26(25)33(27(30)34)21-22-9-5-4-6-10-22/h4-16H,17-21H2,1-3H3,(H,31,35). The van der Waals surface area contributed by atoms with E-state index in [1.165, 1.54) is 0 Å². The van der Waals surface area contributed by atoms with Crippen LogP contribution in [-0.4, -0.2) is 43.9 Å². The Morgan fingerprint density at radius 3 is 2.27 bits per heavy atom. The van der Waals surface area contributed by atoms with Crippen molar-refractivity contribution >= 4 is 23.4 Å². The highest BCUT2D eigenvalue weighted by molar-refractivity contribution is 6.11. The lowest BCUT2D eigenvalue weighted by Crippen LogP contribution is -2.54. The van der Waals surface area contributed by atoms with Crippen molar-refractivity contribution in [1.29, 1.82) is 0 Å². The fourth-order valence-electron chi connectivity index (χ4n) is 5.05. The van der Waals surface area contributed by atoms with Gasteiger partial charge in [-0.15, -0.1) is 0 Å². The number of para-hydroxylation sites is 1. The number of ether oxygens (including phenoxy) is 2. The molecule has 2 heterocycles. The number of benzene rings is 3. The van der Waals surface area contributed by atoms with Crippen LogP contribution in [0.25, 0.3) is 0 Å². The second-order valence-corrected chi connectivity index (χ2v) is 10.4. The summed E-state index contributed by atoms with van der Waals surface area (Å²) in [6, 6.07) is 25.4. The molecule has 0 saturated carbocycles. The Morgan fingerprint density at radius 1 is 0.946 bits per heavy atom. The zero-order valence-corrected chi connectivity index (χ0v) is 21.6. The molecule has 2 aliphatic heterocycles. The summed E-state index contributed by atoms with van der Waals surface area (Å²) in [4.78, 5) is 31.6. The predicted molar refractivity (Wildman–Crippen MR) is 144 cm³/mol. The van der Waals surface area contributed by atoms with Gasteiger partial charge in [-0.2, -0.15) is 0 Å². The van der Waals surface area contributed by atoms with Crippen molar-refractivity contribution in [2.24, 2.45) is 0 Å². The summed E-state index contributed by atoms with van der Waals surface area (Å²) in [6.07, 6.45) is -0.644. The highest BCUT2D eigenvalue weighted by Gasteiger charge is 2.53. The molecule has 0 aromatic heterocycles. The van der Waals surface area contributed by atoms with Gasteiger partial charge in [0, 0.05) is 24.3 Å². The molecular weight excluding hydrogens is 466 g/mol. The number of nitrogens with zero attached hydrogens (tertiary/aromatic N) is 2. The average molecular weight is 500 g/mol. The third-order valence-corrected chi connectivity index (χ3v) is 6.71. The average Bonchev–Trinajstić information content (AvgIpc) is 3.12. The first-order valence-corrected chi connectivity index (χ1v) is 12.7. The Kier molecular flexibility index (Phi) is 6.65. The second kappa shape index (κ2) is 9.90. The smallest absolute Gasteiger partial charge is 0.409 e. The molecular formula is C30H33N3O4. The lowest BCUT2D eigenvalue weighted by molar-refractivity contribution is -0.123. The molecule has 1 N–H and O–H groups in total.